The first-order valence-electron chi connectivity index (χ1n) is 10.1. The molecule has 2 rings (SSSR count). The molecule has 0 saturated carbocycles. The van der Waals surface area contributed by atoms with Gasteiger partial charge in [0.15, 0.2) is 0 Å². The van der Waals surface area contributed by atoms with Gasteiger partial charge in [0.1, 0.15) is 11.8 Å². The average molecular weight is 433 g/mol. The Bertz CT molecular complexity index is 988. The van der Waals surface area contributed by atoms with Gasteiger partial charge in [-0.3, -0.25) is 9.10 Å². The number of benzene rings is 2. The molecule has 1 amide bonds. The molecule has 0 spiro atoms. The van der Waals surface area contributed by atoms with Gasteiger partial charge in [-0.25, -0.2) is 8.42 Å². The highest BCUT2D eigenvalue weighted by Crippen LogP contribution is 2.27. The van der Waals surface area contributed by atoms with Crippen molar-refractivity contribution in [2.24, 2.45) is 0 Å². The second kappa shape index (κ2) is 9.98. The number of carbonyl (C=O) groups is 1. The topological polar surface area (TPSA) is 75.7 Å². The third kappa shape index (κ3) is 5.53. The number of nitrogens with one attached hydrogen (secondary N) is 1. The van der Waals surface area contributed by atoms with Gasteiger partial charge in [0.2, 0.25) is 15.9 Å². The van der Waals surface area contributed by atoms with Crippen LogP contribution in [0.3, 0.4) is 0 Å². The molecule has 30 heavy (non-hydrogen) atoms. The van der Waals surface area contributed by atoms with Crippen LogP contribution in [0.4, 0.5) is 5.69 Å². The predicted octanol–water partition coefficient (Wildman–Crippen LogP) is 4.12. The molecule has 0 unspecified atom stereocenters. The van der Waals surface area contributed by atoms with Crippen LogP contribution < -0.4 is 14.4 Å². The third-order valence-electron chi connectivity index (χ3n) is 5.13. The van der Waals surface area contributed by atoms with Crippen molar-refractivity contribution in [1.29, 1.82) is 0 Å². The van der Waals surface area contributed by atoms with Crippen molar-refractivity contribution in [1.82, 2.24) is 5.32 Å². The molecule has 1 N–H and O–H groups in total. The maximum absolute atomic E-state index is 13.2. The molecule has 164 valence electrons. The van der Waals surface area contributed by atoms with E-state index in [1.807, 2.05) is 52.0 Å². The number of amides is 1. The van der Waals surface area contributed by atoms with Gasteiger partial charge >= 0.3 is 0 Å². The number of hydrogen-bond donors (Lipinski definition) is 1. The van der Waals surface area contributed by atoms with Crippen LogP contribution in [-0.2, 0) is 14.8 Å². The molecule has 0 heterocycles. The fourth-order valence-corrected chi connectivity index (χ4v) is 4.84. The van der Waals surface area contributed by atoms with E-state index >= 15 is 0 Å². The summed E-state index contributed by atoms with van der Waals surface area (Å²) in [5.41, 5.74) is 3.36. The summed E-state index contributed by atoms with van der Waals surface area (Å²) in [6.45, 7) is 7.65. The summed E-state index contributed by atoms with van der Waals surface area (Å²) in [4.78, 5) is 13.2. The number of aryl methyl sites for hydroxylation is 2. The number of ether oxygens (including phenoxy) is 1. The zero-order valence-electron chi connectivity index (χ0n) is 18.6. The number of anilines is 1. The summed E-state index contributed by atoms with van der Waals surface area (Å²) in [5.74, 6) is 0.471. The summed E-state index contributed by atoms with van der Waals surface area (Å²) in [6, 6.07) is 11.9. The molecule has 2 atom stereocenters. The Hall–Kier alpha value is -2.54. The maximum atomic E-state index is 13.2. The van der Waals surface area contributed by atoms with Gasteiger partial charge in [-0.2, -0.15) is 0 Å². The smallest absolute Gasteiger partial charge is 0.244 e. The summed E-state index contributed by atoms with van der Waals surface area (Å²) >= 11 is 0. The lowest BCUT2D eigenvalue weighted by atomic mass is 10.0. The average Bonchev–Trinajstić information content (AvgIpc) is 2.68. The highest BCUT2D eigenvalue weighted by Gasteiger charge is 2.32. The summed E-state index contributed by atoms with van der Waals surface area (Å²) in [5, 5.41) is 3.05. The van der Waals surface area contributed by atoms with Crippen molar-refractivity contribution in [3.63, 3.8) is 0 Å². The number of hydrogen-bond acceptors (Lipinski definition) is 4. The molecule has 0 fully saturated rings. The minimum absolute atomic E-state index is 0.227. The van der Waals surface area contributed by atoms with Gasteiger partial charge < -0.3 is 10.1 Å². The molecule has 6 nitrogen and oxygen atoms in total. The summed E-state index contributed by atoms with van der Waals surface area (Å²) < 4.78 is 31.8. The Kier molecular flexibility index (Phi) is 7.89. The van der Waals surface area contributed by atoms with Gasteiger partial charge in [-0.1, -0.05) is 38.1 Å². The molecule has 0 saturated heterocycles. The van der Waals surface area contributed by atoms with E-state index < -0.39 is 16.1 Å². The summed E-state index contributed by atoms with van der Waals surface area (Å²) in [6.07, 6.45) is 2.16. The standard InChI is InChI=1S/C23H32N2O4S/c1-7-20(18-12-13-22(29-5)17(4)15-18)24-23(26)21(8-2)25(30(6,27)28)19-11-9-10-16(3)14-19/h9-15,20-21H,7-8H2,1-6H3,(H,24,26)/t20-,21-/m0/s1. The van der Waals surface area contributed by atoms with Crippen molar-refractivity contribution >= 4 is 21.6 Å². The molecule has 2 aromatic rings. The Morgan fingerprint density at radius 3 is 2.30 bits per heavy atom. The molecule has 7 heteroatoms. The molecular weight excluding hydrogens is 400 g/mol. The zero-order chi connectivity index (χ0) is 22.5. The van der Waals surface area contributed by atoms with Crippen LogP contribution in [-0.4, -0.2) is 33.7 Å². The van der Waals surface area contributed by atoms with Crippen LogP contribution in [0.15, 0.2) is 42.5 Å². The van der Waals surface area contributed by atoms with Crippen molar-refractivity contribution in [2.75, 3.05) is 17.7 Å². The molecule has 0 bridgehead atoms. The molecule has 0 radical (unpaired) electrons. The van der Waals surface area contributed by atoms with Gasteiger partial charge in [0, 0.05) is 0 Å². The second-order valence-electron chi connectivity index (χ2n) is 7.52. The predicted molar refractivity (Wildman–Crippen MR) is 121 cm³/mol. The van der Waals surface area contributed by atoms with Crippen LogP contribution in [0.2, 0.25) is 0 Å². The fraction of sp³-hybridized carbons (Fsp3) is 0.435. The van der Waals surface area contributed by atoms with Gasteiger partial charge in [-0.05, 0) is 61.6 Å². The molecule has 2 aromatic carbocycles. The molecule has 0 aliphatic carbocycles. The number of nitrogens with zero attached hydrogens (tertiary/aromatic N) is 1. The lowest BCUT2D eigenvalue weighted by Crippen LogP contribution is -2.50. The summed E-state index contributed by atoms with van der Waals surface area (Å²) in [7, 11) is -2.03. The minimum Gasteiger partial charge on any atom is -0.496 e. The van der Waals surface area contributed by atoms with Crippen LogP contribution in [0.5, 0.6) is 5.75 Å². The van der Waals surface area contributed by atoms with Crippen molar-refractivity contribution in [3.8, 4) is 5.75 Å². The van der Waals surface area contributed by atoms with E-state index in [1.165, 1.54) is 4.31 Å². The van der Waals surface area contributed by atoms with Gasteiger partial charge in [0.25, 0.3) is 0 Å². The Labute approximate surface area is 180 Å². The van der Waals surface area contributed by atoms with E-state index in [9.17, 15) is 13.2 Å². The number of carbonyl (C=O) groups excluding carboxylic acids is 1. The first kappa shape index (κ1) is 23.7. The van der Waals surface area contributed by atoms with E-state index in [4.69, 9.17) is 4.74 Å². The fourth-order valence-electron chi connectivity index (χ4n) is 3.63. The maximum Gasteiger partial charge on any atom is 0.244 e. The Balaban J connectivity index is 2.35. The van der Waals surface area contributed by atoms with Gasteiger partial charge in [0.05, 0.1) is 25.1 Å². The lowest BCUT2D eigenvalue weighted by Gasteiger charge is -2.31. The second-order valence-corrected chi connectivity index (χ2v) is 9.38. The van der Waals surface area contributed by atoms with Crippen LogP contribution in [0.25, 0.3) is 0 Å². The van der Waals surface area contributed by atoms with Crippen molar-refractivity contribution < 1.29 is 17.9 Å². The highest BCUT2D eigenvalue weighted by molar-refractivity contribution is 7.92. The number of sulfonamides is 1. The molecule has 0 aliphatic rings. The monoisotopic (exact) mass is 432 g/mol. The quantitative estimate of drug-likeness (QED) is 0.647. The van der Waals surface area contributed by atoms with Crippen molar-refractivity contribution in [3.05, 3.63) is 59.2 Å². The van der Waals surface area contributed by atoms with Crippen LogP contribution in [0.1, 0.15) is 49.4 Å². The normalized spacial score (nSPS) is 13.4. The van der Waals surface area contributed by atoms with Crippen LogP contribution >= 0.6 is 0 Å². The van der Waals surface area contributed by atoms with Crippen molar-refractivity contribution in [2.45, 2.75) is 52.6 Å². The van der Waals surface area contributed by atoms with E-state index in [1.54, 1.807) is 25.3 Å². The number of methoxy groups -OCH3 is 1. The highest BCUT2D eigenvalue weighted by atomic mass is 32.2. The van der Waals surface area contributed by atoms with Gasteiger partial charge in [-0.15, -0.1) is 0 Å². The minimum atomic E-state index is -3.66. The largest absolute Gasteiger partial charge is 0.496 e. The lowest BCUT2D eigenvalue weighted by molar-refractivity contribution is -0.123. The van der Waals surface area contributed by atoms with Crippen LogP contribution in [0, 0.1) is 13.8 Å². The molecule has 0 aromatic heterocycles. The molecular formula is C23H32N2O4S. The first-order valence-corrected chi connectivity index (χ1v) is 12.0. The SMILES string of the molecule is CC[C@H](NC(=O)[C@H](CC)N(c1cccc(C)c1)S(C)(=O)=O)c1ccc(OC)c(C)c1. The number of rotatable bonds is 9. The molecule has 0 aliphatic heterocycles. The first-order chi connectivity index (χ1) is 14.1. The Morgan fingerprint density at radius 2 is 1.80 bits per heavy atom. The van der Waals surface area contributed by atoms with E-state index in [-0.39, 0.29) is 11.9 Å². The van der Waals surface area contributed by atoms with E-state index in [0.717, 1.165) is 28.7 Å². The van der Waals surface area contributed by atoms with E-state index in [2.05, 4.69) is 5.32 Å². The van der Waals surface area contributed by atoms with E-state index in [0.29, 0.717) is 18.5 Å². The third-order valence-corrected chi connectivity index (χ3v) is 6.31. The Morgan fingerprint density at radius 1 is 1.10 bits per heavy atom. The zero-order valence-corrected chi connectivity index (χ0v) is 19.4.